The summed E-state index contributed by atoms with van der Waals surface area (Å²) in [5.74, 6) is 1.19. The molecule has 0 amide bonds. The van der Waals surface area contributed by atoms with Crippen molar-refractivity contribution in [2.24, 2.45) is 0 Å². The Balaban J connectivity index is 1.64. The SMILES string of the molecule is COc1ccccc1-c1ccc(Cn2cnc3c(N)nc(N)nc32)cn1. The Morgan fingerprint density at radius 3 is 2.65 bits per heavy atom. The Morgan fingerprint density at radius 1 is 1.04 bits per heavy atom. The van der Waals surface area contributed by atoms with Gasteiger partial charge in [0.05, 0.1) is 25.7 Å². The fourth-order valence-electron chi connectivity index (χ4n) is 2.83. The second kappa shape index (κ2) is 6.32. The molecule has 0 radical (unpaired) electrons. The van der Waals surface area contributed by atoms with E-state index < -0.39 is 0 Å². The maximum Gasteiger partial charge on any atom is 0.224 e. The van der Waals surface area contributed by atoms with Crippen LogP contribution in [-0.4, -0.2) is 31.6 Å². The van der Waals surface area contributed by atoms with Crippen molar-refractivity contribution in [1.29, 1.82) is 0 Å². The standard InChI is InChI=1S/C18H17N7O/c1-26-14-5-3-2-4-12(14)13-7-6-11(8-21-13)9-25-10-22-15-16(19)23-18(20)24-17(15)25/h2-8,10H,9H2,1H3,(H4,19,20,23,24). The van der Waals surface area contributed by atoms with Gasteiger partial charge in [-0.3, -0.25) is 4.98 Å². The van der Waals surface area contributed by atoms with Gasteiger partial charge >= 0.3 is 0 Å². The lowest BCUT2D eigenvalue weighted by Gasteiger charge is -2.09. The highest BCUT2D eigenvalue weighted by Gasteiger charge is 2.11. The number of nitrogens with two attached hydrogens (primary N) is 2. The molecule has 0 saturated heterocycles. The third-order valence-corrected chi connectivity index (χ3v) is 4.07. The van der Waals surface area contributed by atoms with Crippen LogP contribution in [-0.2, 0) is 6.54 Å². The van der Waals surface area contributed by atoms with Gasteiger partial charge in [0.1, 0.15) is 11.3 Å². The Morgan fingerprint density at radius 2 is 1.88 bits per heavy atom. The first-order valence-corrected chi connectivity index (χ1v) is 7.98. The van der Waals surface area contributed by atoms with Crippen molar-refractivity contribution in [2.45, 2.75) is 6.54 Å². The average molecular weight is 347 g/mol. The summed E-state index contributed by atoms with van der Waals surface area (Å²) < 4.78 is 7.26. The van der Waals surface area contributed by atoms with E-state index in [-0.39, 0.29) is 11.8 Å². The number of imidazole rings is 1. The number of ether oxygens (including phenoxy) is 1. The molecule has 0 aliphatic rings. The molecular weight excluding hydrogens is 330 g/mol. The summed E-state index contributed by atoms with van der Waals surface area (Å²) in [6.07, 6.45) is 3.49. The van der Waals surface area contributed by atoms with Crippen molar-refractivity contribution in [3.8, 4) is 17.0 Å². The zero-order valence-corrected chi connectivity index (χ0v) is 14.1. The van der Waals surface area contributed by atoms with Gasteiger partial charge in [-0.1, -0.05) is 18.2 Å². The number of hydrogen-bond donors (Lipinski definition) is 2. The first kappa shape index (κ1) is 15.8. The maximum atomic E-state index is 5.84. The molecule has 0 fully saturated rings. The normalized spacial score (nSPS) is 11.0. The Bertz CT molecular complexity index is 1070. The topological polar surface area (TPSA) is 118 Å². The number of rotatable bonds is 4. The van der Waals surface area contributed by atoms with E-state index >= 15 is 0 Å². The van der Waals surface area contributed by atoms with Gasteiger partial charge in [0.25, 0.3) is 0 Å². The number of para-hydroxylation sites is 1. The van der Waals surface area contributed by atoms with Crippen LogP contribution in [0.2, 0.25) is 0 Å². The smallest absolute Gasteiger partial charge is 0.224 e. The van der Waals surface area contributed by atoms with Crippen LogP contribution < -0.4 is 16.2 Å². The predicted octanol–water partition coefficient (Wildman–Crippen LogP) is 2.11. The van der Waals surface area contributed by atoms with Gasteiger partial charge in [0.15, 0.2) is 11.5 Å². The minimum atomic E-state index is 0.126. The summed E-state index contributed by atoms with van der Waals surface area (Å²) in [5, 5.41) is 0. The molecule has 4 N–H and O–H groups in total. The number of hydrogen-bond acceptors (Lipinski definition) is 7. The summed E-state index contributed by atoms with van der Waals surface area (Å²) in [7, 11) is 1.65. The van der Waals surface area contributed by atoms with Crippen molar-refractivity contribution in [2.75, 3.05) is 18.6 Å². The second-order valence-corrected chi connectivity index (χ2v) is 5.76. The minimum absolute atomic E-state index is 0.126. The molecule has 1 aromatic carbocycles. The molecule has 4 rings (SSSR count). The van der Waals surface area contributed by atoms with Crippen molar-refractivity contribution in [1.82, 2.24) is 24.5 Å². The van der Waals surface area contributed by atoms with Gasteiger partial charge in [-0.2, -0.15) is 9.97 Å². The third-order valence-electron chi connectivity index (χ3n) is 4.07. The molecule has 8 nitrogen and oxygen atoms in total. The molecule has 0 spiro atoms. The van der Waals surface area contributed by atoms with Crippen LogP contribution >= 0.6 is 0 Å². The molecule has 0 saturated carbocycles. The molecule has 0 atom stereocenters. The minimum Gasteiger partial charge on any atom is -0.496 e. The number of benzene rings is 1. The fourth-order valence-corrected chi connectivity index (χ4v) is 2.83. The van der Waals surface area contributed by atoms with Gasteiger partial charge in [0, 0.05) is 11.8 Å². The van der Waals surface area contributed by atoms with E-state index in [1.54, 1.807) is 13.4 Å². The molecule has 130 valence electrons. The summed E-state index contributed by atoms with van der Waals surface area (Å²) in [6, 6.07) is 11.8. The zero-order chi connectivity index (χ0) is 18.1. The Hall–Kier alpha value is -3.68. The largest absolute Gasteiger partial charge is 0.496 e. The van der Waals surface area contributed by atoms with Crippen LogP contribution in [0.25, 0.3) is 22.4 Å². The molecule has 0 aliphatic carbocycles. The number of anilines is 2. The van der Waals surface area contributed by atoms with Gasteiger partial charge in [0.2, 0.25) is 5.95 Å². The number of nitrogens with zero attached hydrogens (tertiary/aromatic N) is 5. The van der Waals surface area contributed by atoms with Crippen LogP contribution in [0.15, 0.2) is 48.9 Å². The first-order valence-electron chi connectivity index (χ1n) is 7.98. The molecule has 3 aromatic heterocycles. The second-order valence-electron chi connectivity index (χ2n) is 5.76. The van der Waals surface area contributed by atoms with Crippen molar-refractivity contribution in [3.63, 3.8) is 0 Å². The van der Waals surface area contributed by atoms with Crippen LogP contribution in [0.3, 0.4) is 0 Å². The fraction of sp³-hybridized carbons (Fsp3) is 0.111. The molecule has 4 aromatic rings. The highest BCUT2D eigenvalue weighted by molar-refractivity contribution is 5.82. The lowest BCUT2D eigenvalue weighted by Crippen LogP contribution is -2.04. The van der Waals surface area contributed by atoms with Crippen molar-refractivity contribution < 1.29 is 4.74 Å². The van der Waals surface area contributed by atoms with E-state index in [4.69, 9.17) is 16.2 Å². The number of pyridine rings is 1. The summed E-state index contributed by atoms with van der Waals surface area (Å²) in [5.41, 5.74) is 15.5. The average Bonchev–Trinajstić information content (AvgIpc) is 3.05. The number of fused-ring (bicyclic) bond motifs is 1. The maximum absolute atomic E-state index is 5.84. The number of aromatic nitrogens is 5. The van der Waals surface area contributed by atoms with E-state index in [1.165, 1.54) is 0 Å². The van der Waals surface area contributed by atoms with Crippen LogP contribution in [0.4, 0.5) is 11.8 Å². The lowest BCUT2D eigenvalue weighted by molar-refractivity contribution is 0.416. The van der Waals surface area contributed by atoms with Crippen LogP contribution in [0, 0.1) is 0 Å². The molecule has 0 bridgehead atoms. The molecule has 0 unspecified atom stereocenters. The zero-order valence-electron chi connectivity index (χ0n) is 14.1. The predicted molar refractivity (Wildman–Crippen MR) is 99.5 cm³/mol. The lowest BCUT2D eigenvalue weighted by atomic mass is 10.1. The first-order chi connectivity index (χ1) is 12.7. The Kier molecular flexibility index (Phi) is 3.85. The number of methoxy groups -OCH3 is 1. The van der Waals surface area contributed by atoms with Crippen LogP contribution in [0.5, 0.6) is 5.75 Å². The monoisotopic (exact) mass is 347 g/mol. The van der Waals surface area contributed by atoms with E-state index in [2.05, 4.69) is 19.9 Å². The molecule has 0 aliphatic heterocycles. The molecule has 26 heavy (non-hydrogen) atoms. The van der Waals surface area contributed by atoms with E-state index in [1.807, 2.05) is 47.2 Å². The van der Waals surface area contributed by atoms with Gasteiger partial charge in [-0.15, -0.1) is 0 Å². The highest BCUT2D eigenvalue weighted by atomic mass is 16.5. The number of nitrogen functional groups attached to an aromatic ring is 2. The summed E-state index contributed by atoms with van der Waals surface area (Å²) in [6.45, 7) is 0.547. The van der Waals surface area contributed by atoms with Gasteiger partial charge in [-0.25, -0.2) is 4.98 Å². The molecule has 3 heterocycles. The summed E-state index contributed by atoms with van der Waals surface area (Å²) >= 11 is 0. The van der Waals surface area contributed by atoms with Crippen LogP contribution in [0.1, 0.15) is 5.56 Å². The highest BCUT2D eigenvalue weighted by Crippen LogP contribution is 2.28. The van der Waals surface area contributed by atoms with E-state index in [0.29, 0.717) is 17.7 Å². The van der Waals surface area contributed by atoms with E-state index in [0.717, 1.165) is 22.6 Å². The summed E-state index contributed by atoms with van der Waals surface area (Å²) in [4.78, 5) is 17.0. The molecule has 8 heteroatoms. The Labute approximate surface area is 149 Å². The molecular formula is C18H17N7O. The van der Waals surface area contributed by atoms with Crippen molar-refractivity contribution >= 4 is 22.9 Å². The van der Waals surface area contributed by atoms with E-state index in [9.17, 15) is 0 Å². The third kappa shape index (κ3) is 2.77. The van der Waals surface area contributed by atoms with Gasteiger partial charge < -0.3 is 20.8 Å². The van der Waals surface area contributed by atoms with Crippen molar-refractivity contribution in [3.05, 3.63) is 54.5 Å². The quantitative estimate of drug-likeness (QED) is 0.580. The van der Waals surface area contributed by atoms with Gasteiger partial charge in [-0.05, 0) is 23.8 Å².